The first kappa shape index (κ1) is 10.7. The van der Waals surface area contributed by atoms with Crippen LogP contribution in [0.3, 0.4) is 0 Å². The van der Waals surface area contributed by atoms with E-state index in [0.717, 1.165) is 6.07 Å². The molecule has 0 fully saturated rings. The lowest BCUT2D eigenvalue weighted by molar-refractivity contribution is 0.505. The second-order valence-electron chi connectivity index (χ2n) is 2.14. The van der Waals surface area contributed by atoms with Crippen LogP contribution in [0.4, 0.5) is 8.78 Å². The van der Waals surface area contributed by atoms with Gasteiger partial charge in [-0.15, -0.1) is 0 Å². The number of hydrogen-bond donors (Lipinski definition) is 0. The highest BCUT2D eigenvalue weighted by atomic mass is 35.7. The summed E-state index contributed by atoms with van der Waals surface area (Å²) in [6.45, 7) is 0. The Morgan fingerprint density at radius 1 is 1.23 bits per heavy atom. The van der Waals surface area contributed by atoms with Crippen molar-refractivity contribution in [3.05, 3.63) is 28.8 Å². The molecule has 0 saturated carbocycles. The Labute approximate surface area is 82.5 Å². The zero-order valence-electron chi connectivity index (χ0n) is 5.89. The van der Waals surface area contributed by atoms with E-state index in [1.54, 1.807) is 0 Å². The van der Waals surface area contributed by atoms with Gasteiger partial charge in [0.15, 0.2) is 11.6 Å². The maximum atomic E-state index is 12.6. The fourth-order valence-corrected chi connectivity index (χ4v) is 1.72. The molecular formula is C6H2Cl2F2O2S. The zero-order chi connectivity index (χ0) is 10.2. The number of benzene rings is 1. The van der Waals surface area contributed by atoms with Crippen molar-refractivity contribution in [3.8, 4) is 0 Å². The summed E-state index contributed by atoms with van der Waals surface area (Å²) in [5, 5.41) is -0.626. The van der Waals surface area contributed by atoms with Crippen LogP contribution in [0, 0.1) is 11.6 Å². The first-order chi connectivity index (χ1) is 5.82. The summed E-state index contributed by atoms with van der Waals surface area (Å²) in [5.41, 5.74) is 0. The van der Waals surface area contributed by atoms with E-state index in [1.165, 1.54) is 0 Å². The predicted octanol–water partition coefficient (Wildman–Crippen LogP) is 2.55. The number of hydrogen-bond acceptors (Lipinski definition) is 2. The van der Waals surface area contributed by atoms with Gasteiger partial charge in [-0.2, -0.15) is 0 Å². The van der Waals surface area contributed by atoms with Crippen LogP contribution in [-0.2, 0) is 9.05 Å². The second-order valence-corrected chi connectivity index (χ2v) is 5.11. The largest absolute Gasteiger partial charge is 0.261 e. The summed E-state index contributed by atoms with van der Waals surface area (Å²) < 4.78 is 46.5. The maximum absolute atomic E-state index is 12.6. The molecule has 0 heterocycles. The van der Waals surface area contributed by atoms with E-state index in [9.17, 15) is 17.2 Å². The molecule has 0 saturated heterocycles. The normalized spacial score (nSPS) is 11.7. The first-order valence-corrected chi connectivity index (χ1v) is 5.60. The lowest BCUT2D eigenvalue weighted by atomic mass is 10.3. The summed E-state index contributed by atoms with van der Waals surface area (Å²) >= 11 is 5.19. The molecule has 0 radical (unpaired) electrons. The van der Waals surface area contributed by atoms with Gasteiger partial charge in [-0.3, -0.25) is 0 Å². The third-order valence-electron chi connectivity index (χ3n) is 1.24. The quantitative estimate of drug-likeness (QED) is 0.564. The molecule has 2 nitrogen and oxygen atoms in total. The smallest absolute Gasteiger partial charge is 0.207 e. The highest BCUT2D eigenvalue weighted by molar-refractivity contribution is 8.13. The molecular weight excluding hydrogens is 245 g/mol. The molecule has 72 valence electrons. The van der Waals surface area contributed by atoms with E-state index >= 15 is 0 Å². The number of halogens is 4. The maximum Gasteiger partial charge on any atom is 0.261 e. The Kier molecular flexibility index (Phi) is 2.79. The lowest BCUT2D eigenvalue weighted by Crippen LogP contribution is -1.94. The van der Waals surface area contributed by atoms with Gasteiger partial charge in [-0.1, -0.05) is 11.6 Å². The van der Waals surface area contributed by atoms with Crippen LogP contribution in [-0.4, -0.2) is 8.42 Å². The molecule has 1 aromatic carbocycles. The van der Waals surface area contributed by atoms with Crippen molar-refractivity contribution in [2.45, 2.75) is 4.90 Å². The Morgan fingerprint density at radius 2 is 1.77 bits per heavy atom. The predicted molar refractivity (Wildman–Crippen MR) is 44.4 cm³/mol. The van der Waals surface area contributed by atoms with Gasteiger partial charge in [0.05, 0.1) is 9.92 Å². The van der Waals surface area contributed by atoms with Crippen LogP contribution >= 0.6 is 22.3 Å². The second kappa shape index (κ2) is 3.40. The van der Waals surface area contributed by atoms with Gasteiger partial charge >= 0.3 is 0 Å². The van der Waals surface area contributed by atoms with Crippen molar-refractivity contribution in [1.82, 2.24) is 0 Å². The summed E-state index contributed by atoms with van der Waals surface area (Å²) in [4.78, 5) is -0.571. The third kappa shape index (κ3) is 2.30. The number of rotatable bonds is 1. The van der Waals surface area contributed by atoms with Crippen LogP contribution in [0.1, 0.15) is 0 Å². The molecule has 0 aliphatic rings. The van der Waals surface area contributed by atoms with Gasteiger partial charge in [-0.05, 0) is 12.1 Å². The lowest BCUT2D eigenvalue weighted by Gasteiger charge is -1.99. The Morgan fingerprint density at radius 3 is 2.15 bits per heavy atom. The summed E-state index contributed by atoms with van der Waals surface area (Å²) in [6.07, 6.45) is 0. The minimum Gasteiger partial charge on any atom is -0.207 e. The average molecular weight is 247 g/mol. The van der Waals surface area contributed by atoms with Gasteiger partial charge in [0.1, 0.15) is 0 Å². The Balaban J connectivity index is 3.47. The van der Waals surface area contributed by atoms with Crippen molar-refractivity contribution in [2.75, 3.05) is 0 Å². The van der Waals surface area contributed by atoms with E-state index in [4.69, 9.17) is 22.3 Å². The van der Waals surface area contributed by atoms with Crippen molar-refractivity contribution >= 4 is 31.3 Å². The van der Waals surface area contributed by atoms with Gasteiger partial charge < -0.3 is 0 Å². The average Bonchev–Trinajstić information content (AvgIpc) is 1.97. The van der Waals surface area contributed by atoms with Gasteiger partial charge in [0.25, 0.3) is 9.05 Å². The Bertz CT molecular complexity index is 421. The molecule has 0 aliphatic carbocycles. The third-order valence-corrected chi connectivity index (χ3v) is 2.85. The Hall–Kier alpha value is -0.390. The van der Waals surface area contributed by atoms with Crippen molar-refractivity contribution in [3.63, 3.8) is 0 Å². The summed E-state index contributed by atoms with van der Waals surface area (Å²) in [6, 6.07) is 1.20. The summed E-state index contributed by atoms with van der Waals surface area (Å²) in [5.74, 6) is -2.66. The van der Waals surface area contributed by atoms with Crippen molar-refractivity contribution in [2.24, 2.45) is 0 Å². The SMILES string of the molecule is O=S(=O)(Cl)c1cc(F)c(F)c(Cl)c1. The van der Waals surface area contributed by atoms with E-state index < -0.39 is 30.6 Å². The van der Waals surface area contributed by atoms with E-state index in [1.807, 2.05) is 0 Å². The van der Waals surface area contributed by atoms with E-state index in [0.29, 0.717) is 6.07 Å². The fraction of sp³-hybridized carbons (Fsp3) is 0. The fourth-order valence-electron chi connectivity index (χ4n) is 0.673. The van der Waals surface area contributed by atoms with Crippen LogP contribution < -0.4 is 0 Å². The van der Waals surface area contributed by atoms with E-state index in [2.05, 4.69) is 0 Å². The monoisotopic (exact) mass is 246 g/mol. The molecule has 13 heavy (non-hydrogen) atoms. The van der Waals surface area contributed by atoms with Crippen LogP contribution in [0.2, 0.25) is 5.02 Å². The minimum atomic E-state index is -4.08. The van der Waals surface area contributed by atoms with Crippen LogP contribution in [0.25, 0.3) is 0 Å². The van der Waals surface area contributed by atoms with Crippen LogP contribution in [0.5, 0.6) is 0 Å². The van der Waals surface area contributed by atoms with Crippen LogP contribution in [0.15, 0.2) is 17.0 Å². The molecule has 0 amide bonds. The molecule has 0 aliphatic heterocycles. The molecule has 0 spiro atoms. The standard InChI is InChI=1S/C6H2Cl2F2O2S/c7-4-1-3(13(8,11)12)2-5(9)6(4)10/h1-2H. The molecule has 7 heteroatoms. The van der Waals surface area contributed by atoms with Gasteiger partial charge in [0, 0.05) is 10.7 Å². The molecule has 0 atom stereocenters. The van der Waals surface area contributed by atoms with E-state index in [-0.39, 0.29) is 0 Å². The minimum absolute atomic E-state index is 0.462. The molecule has 0 bridgehead atoms. The first-order valence-electron chi connectivity index (χ1n) is 2.91. The molecule has 1 aromatic rings. The zero-order valence-corrected chi connectivity index (χ0v) is 8.22. The molecule has 0 unspecified atom stereocenters. The highest BCUT2D eigenvalue weighted by Gasteiger charge is 2.16. The summed E-state index contributed by atoms with van der Waals surface area (Å²) in [7, 11) is 0.796. The topological polar surface area (TPSA) is 34.1 Å². The van der Waals surface area contributed by atoms with Gasteiger partial charge in [0.2, 0.25) is 0 Å². The van der Waals surface area contributed by atoms with Crippen molar-refractivity contribution < 1.29 is 17.2 Å². The van der Waals surface area contributed by atoms with Gasteiger partial charge in [-0.25, -0.2) is 17.2 Å². The molecule has 0 N–H and O–H groups in total. The molecule has 1 rings (SSSR count). The highest BCUT2D eigenvalue weighted by Crippen LogP contribution is 2.24. The van der Waals surface area contributed by atoms with Crippen molar-refractivity contribution in [1.29, 1.82) is 0 Å². The molecule has 0 aromatic heterocycles.